The van der Waals surface area contributed by atoms with E-state index in [9.17, 15) is 13.2 Å². The predicted octanol–water partition coefficient (Wildman–Crippen LogP) is 3.18. The maximum Gasteiger partial charge on any atom is 0.257 e. The van der Waals surface area contributed by atoms with Crippen molar-refractivity contribution in [2.45, 2.75) is 23.6 Å². The lowest BCUT2D eigenvalue weighted by Gasteiger charge is -2.34. The largest absolute Gasteiger partial charge is 0.496 e. The van der Waals surface area contributed by atoms with Crippen LogP contribution in [-0.2, 0) is 10.0 Å². The molecule has 0 saturated carbocycles. The molecule has 6 nitrogen and oxygen atoms in total. The van der Waals surface area contributed by atoms with Crippen LogP contribution in [0.1, 0.15) is 21.5 Å². The Kier molecular flexibility index (Phi) is 6.55. The van der Waals surface area contributed by atoms with E-state index in [1.165, 1.54) is 4.31 Å². The van der Waals surface area contributed by atoms with Gasteiger partial charge < -0.3 is 9.64 Å². The van der Waals surface area contributed by atoms with Gasteiger partial charge in [-0.15, -0.1) is 11.8 Å². The summed E-state index contributed by atoms with van der Waals surface area (Å²) in [5.74, 6) is 0.394. The molecular weight excluding hydrogens is 408 g/mol. The Morgan fingerprint density at radius 3 is 2.31 bits per heavy atom. The molecule has 0 spiro atoms. The summed E-state index contributed by atoms with van der Waals surface area (Å²) in [5.41, 5.74) is 2.26. The van der Waals surface area contributed by atoms with Crippen LogP contribution in [0, 0.1) is 13.8 Å². The average Bonchev–Trinajstić information content (AvgIpc) is 2.72. The smallest absolute Gasteiger partial charge is 0.257 e. The summed E-state index contributed by atoms with van der Waals surface area (Å²) in [6.07, 6.45) is 1.96. The van der Waals surface area contributed by atoms with Crippen LogP contribution in [-0.4, -0.2) is 63.1 Å². The predicted molar refractivity (Wildman–Crippen MR) is 115 cm³/mol. The van der Waals surface area contributed by atoms with Gasteiger partial charge in [0, 0.05) is 31.1 Å². The van der Waals surface area contributed by atoms with Gasteiger partial charge in [0.1, 0.15) is 5.75 Å². The number of methoxy groups -OCH3 is 1. The Morgan fingerprint density at radius 1 is 1.03 bits per heavy atom. The van der Waals surface area contributed by atoms with Gasteiger partial charge in [0.05, 0.1) is 17.6 Å². The molecule has 156 valence electrons. The van der Waals surface area contributed by atoms with E-state index in [0.717, 1.165) is 16.0 Å². The molecule has 0 atom stereocenters. The SMILES string of the molecule is COc1cc(SC)ccc1C(=O)N1CCN(S(=O)(=O)c2ccc(C)cc2C)CC1. The molecule has 0 aromatic heterocycles. The number of sulfonamides is 1. The summed E-state index contributed by atoms with van der Waals surface area (Å²) < 4.78 is 32.9. The van der Waals surface area contributed by atoms with E-state index in [-0.39, 0.29) is 19.0 Å². The zero-order chi connectivity index (χ0) is 21.2. The molecule has 29 heavy (non-hydrogen) atoms. The highest BCUT2D eigenvalue weighted by atomic mass is 32.2. The third kappa shape index (κ3) is 4.44. The highest BCUT2D eigenvalue weighted by molar-refractivity contribution is 7.98. The Bertz CT molecular complexity index is 1010. The molecule has 0 radical (unpaired) electrons. The van der Waals surface area contributed by atoms with Crippen LogP contribution >= 0.6 is 11.8 Å². The van der Waals surface area contributed by atoms with E-state index in [2.05, 4.69) is 0 Å². The molecule has 1 aliphatic heterocycles. The van der Waals surface area contributed by atoms with Gasteiger partial charge in [-0.1, -0.05) is 17.7 Å². The standard InChI is InChI=1S/C21H26N2O4S2/c1-15-5-8-20(16(2)13-15)29(25,26)23-11-9-22(10-12-23)21(24)18-7-6-17(28-4)14-19(18)27-3/h5-8,13-14H,9-12H2,1-4H3. The monoisotopic (exact) mass is 434 g/mol. The first-order valence-corrected chi connectivity index (χ1v) is 12.0. The highest BCUT2D eigenvalue weighted by Crippen LogP contribution is 2.27. The van der Waals surface area contributed by atoms with Gasteiger partial charge in [-0.2, -0.15) is 4.31 Å². The molecule has 1 fully saturated rings. The van der Waals surface area contributed by atoms with E-state index < -0.39 is 10.0 Å². The van der Waals surface area contributed by atoms with Gasteiger partial charge in [-0.05, 0) is 49.9 Å². The number of amides is 1. The van der Waals surface area contributed by atoms with Crippen LogP contribution < -0.4 is 4.74 Å². The van der Waals surface area contributed by atoms with Gasteiger partial charge >= 0.3 is 0 Å². The number of hydrogen-bond acceptors (Lipinski definition) is 5. The molecule has 0 unspecified atom stereocenters. The summed E-state index contributed by atoms with van der Waals surface area (Å²) in [7, 11) is -2.03. The summed E-state index contributed by atoms with van der Waals surface area (Å²) in [4.78, 5) is 16.0. The normalized spacial score (nSPS) is 15.4. The zero-order valence-electron chi connectivity index (χ0n) is 17.1. The first-order chi connectivity index (χ1) is 13.8. The number of hydrogen-bond donors (Lipinski definition) is 0. The lowest BCUT2D eigenvalue weighted by molar-refractivity contribution is 0.0694. The Hall–Kier alpha value is -2.03. The van der Waals surface area contributed by atoms with Gasteiger partial charge in [0.2, 0.25) is 10.0 Å². The topological polar surface area (TPSA) is 66.9 Å². The van der Waals surface area contributed by atoms with Gasteiger partial charge in [0.25, 0.3) is 5.91 Å². The second-order valence-electron chi connectivity index (χ2n) is 7.03. The number of piperazine rings is 1. The van der Waals surface area contributed by atoms with Crippen molar-refractivity contribution in [3.05, 3.63) is 53.1 Å². The van der Waals surface area contributed by atoms with Crippen molar-refractivity contribution in [1.29, 1.82) is 0 Å². The summed E-state index contributed by atoms with van der Waals surface area (Å²) in [6.45, 7) is 4.98. The van der Waals surface area contributed by atoms with E-state index in [1.54, 1.807) is 35.9 Å². The first kappa shape index (κ1) is 21.7. The zero-order valence-corrected chi connectivity index (χ0v) is 18.8. The Labute approximate surface area is 176 Å². The number of thioether (sulfide) groups is 1. The van der Waals surface area contributed by atoms with Crippen LogP contribution in [0.25, 0.3) is 0 Å². The number of carbonyl (C=O) groups is 1. The van der Waals surface area contributed by atoms with Crippen molar-refractivity contribution < 1.29 is 17.9 Å². The van der Waals surface area contributed by atoms with Crippen LogP contribution in [0.4, 0.5) is 0 Å². The molecular formula is C21H26N2O4S2. The van der Waals surface area contributed by atoms with E-state index in [0.29, 0.717) is 29.3 Å². The van der Waals surface area contributed by atoms with Gasteiger partial charge in [-0.25, -0.2) is 8.42 Å². The molecule has 1 amide bonds. The molecule has 0 bridgehead atoms. The lowest BCUT2D eigenvalue weighted by Crippen LogP contribution is -2.50. The van der Waals surface area contributed by atoms with E-state index in [1.807, 2.05) is 44.4 Å². The molecule has 2 aromatic rings. The summed E-state index contributed by atoms with van der Waals surface area (Å²) >= 11 is 1.58. The molecule has 1 aliphatic rings. The quantitative estimate of drug-likeness (QED) is 0.676. The van der Waals surface area contributed by atoms with E-state index >= 15 is 0 Å². The number of aryl methyl sites for hydroxylation is 2. The Morgan fingerprint density at radius 2 is 1.72 bits per heavy atom. The van der Waals surface area contributed by atoms with Gasteiger partial charge in [0.15, 0.2) is 0 Å². The van der Waals surface area contributed by atoms with Crippen LogP contribution in [0.15, 0.2) is 46.2 Å². The first-order valence-electron chi connectivity index (χ1n) is 9.36. The number of carbonyl (C=O) groups excluding carboxylic acids is 1. The minimum Gasteiger partial charge on any atom is -0.496 e. The molecule has 1 saturated heterocycles. The van der Waals surface area contributed by atoms with E-state index in [4.69, 9.17) is 4.74 Å². The van der Waals surface area contributed by atoms with Crippen molar-refractivity contribution in [3.63, 3.8) is 0 Å². The fourth-order valence-corrected chi connectivity index (χ4v) is 5.56. The maximum atomic E-state index is 13.0. The van der Waals surface area contributed by atoms with Crippen molar-refractivity contribution in [2.75, 3.05) is 39.5 Å². The molecule has 0 N–H and O–H groups in total. The minimum absolute atomic E-state index is 0.141. The fraction of sp³-hybridized carbons (Fsp3) is 0.381. The summed E-state index contributed by atoms with van der Waals surface area (Å²) in [5, 5.41) is 0. The lowest BCUT2D eigenvalue weighted by atomic mass is 10.1. The van der Waals surface area contributed by atoms with Crippen LogP contribution in [0.5, 0.6) is 5.75 Å². The Balaban J connectivity index is 1.74. The van der Waals surface area contributed by atoms with Gasteiger partial charge in [-0.3, -0.25) is 4.79 Å². The van der Waals surface area contributed by atoms with Crippen LogP contribution in [0.2, 0.25) is 0 Å². The van der Waals surface area contributed by atoms with Crippen molar-refractivity contribution in [1.82, 2.24) is 9.21 Å². The highest BCUT2D eigenvalue weighted by Gasteiger charge is 2.32. The van der Waals surface area contributed by atoms with Crippen LogP contribution in [0.3, 0.4) is 0 Å². The molecule has 0 aliphatic carbocycles. The number of ether oxygens (including phenoxy) is 1. The molecule has 3 rings (SSSR count). The molecule has 8 heteroatoms. The van der Waals surface area contributed by atoms with Crippen molar-refractivity contribution in [2.24, 2.45) is 0 Å². The molecule has 2 aromatic carbocycles. The minimum atomic E-state index is -3.58. The molecule has 1 heterocycles. The summed E-state index contributed by atoms with van der Waals surface area (Å²) in [6, 6.07) is 10.9. The third-order valence-corrected chi connectivity index (χ3v) is 7.90. The van der Waals surface area contributed by atoms with Crippen molar-refractivity contribution in [3.8, 4) is 5.75 Å². The average molecular weight is 435 g/mol. The second kappa shape index (κ2) is 8.77. The second-order valence-corrected chi connectivity index (χ2v) is 9.82. The number of rotatable bonds is 5. The third-order valence-electron chi connectivity index (χ3n) is 5.11. The number of nitrogens with zero attached hydrogens (tertiary/aromatic N) is 2. The number of benzene rings is 2. The van der Waals surface area contributed by atoms with Crippen molar-refractivity contribution >= 4 is 27.7 Å². The fourth-order valence-electron chi connectivity index (χ4n) is 3.50. The maximum absolute atomic E-state index is 13.0.